The van der Waals surface area contributed by atoms with Crippen LogP contribution in [0, 0.1) is 5.41 Å². The molecule has 2 aromatic carbocycles. The fourth-order valence-corrected chi connectivity index (χ4v) is 5.24. The molecule has 6 nitrogen and oxygen atoms in total. The Kier molecular flexibility index (Phi) is 8.35. The number of piperidine rings is 1. The van der Waals surface area contributed by atoms with Gasteiger partial charge in [0.05, 0.1) is 6.54 Å². The highest BCUT2D eigenvalue weighted by molar-refractivity contribution is 5.78. The van der Waals surface area contributed by atoms with Gasteiger partial charge in [-0.25, -0.2) is 0 Å². The molecule has 1 N–H and O–H groups in total. The van der Waals surface area contributed by atoms with Crippen LogP contribution in [0.15, 0.2) is 60.7 Å². The van der Waals surface area contributed by atoms with Crippen molar-refractivity contribution in [2.24, 2.45) is 5.41 Å². The van der Waals surface area contributed by atoms with Crippen LogP contribution in [0.3, 0.4) is 0 Å². The monoisotopic (exact) mass is 462 g/mol. The number of carbonyl (C=O) groups excluding carboxylic acids is 2. The molecule has 2 saturated heterocycles. The maximum atomic E-state index is 12.8. The minimum Gasteiger partial charge on any atom is -0.354 e. The number of hydrogen-bond acceptors (Lipinski definition) is 4. The Morgan fingerprint density at radius 1 is 0.794 bits per heavy atom. The van der Waals surface area contributed by atoms with E-state index in [1.807, 2.05) is 4.90 Å². The van der Waals surface area contributed by atoms with E-state index in [9.17, 15) is 9.59 Å². The molecule has 0 atom stereocenters. The lowest BCUT2D eigenvalue weighted by molar-refractivity contribution is -0.131. The number of piperazine rings is 1. The van der Waals surface area contributed by atoms with Crippen LogP contribution in [-0.2, 0) is 22.6 Å². The summed E-state index contributed by atoms with van der Waals surface area (Å²) in [6.45, 7) is 8.75. The molecule has 2 aliphatic rings. The molecule has 2 amide bonds. The van der Waals surface area contributed by atoms with Crippen LogP contribution in [-0.4, -0.2) is 78.9 Å². The first-order valence-electron chi connectivity index (χ1n) is 12.6. The molecule has 34 heavy (non-hydrogen) atoms. The number of benzene rings is 2. The van der Waals surface area contributed by atoms with Gasteiger partial charge in [0.2, 0.25) is 11.8 Å². The van der Waals surface area contributed by atoms with Gasteiger partial charge < -0.3 is 10.2 Å². The Bertz CT molecular complexity index is 918. The Hall–Kier alpha value is -2.70. The van der Waals surface area contributed by atoms with Gasteiger partial charge in [-0.05, 0) is 48.9 Å². The fraction of sp³-hybridized carbons (Fsp3) is 0.500. The average molecular weight is 463 g/mol. The van der Waals surface area contributed by atoms with E-state index in [0.29, 0.717) is 26.2 Å². The Morgan fingerprint density at radius 2 is 1.38 bits per heavy atom. The van der Waals surface area contributed by atoms with Crippen molar-refractivity contribution in [1.82, 2.24) is 20.0 Å². The van der Waals surface area contributed by atoms with E-state index in [1.54, 1.807) is 6.92 Å². The van der Waals surface area contributed by atoms with Gasteiger partial charge in [0.15, 0.2) is 0 Å². The topological polar surface area (TPSA) is 55.9 Å². The normalized spacial score (nSPS) is 19.0. The largest absolute Gasteiger partial charge is 0.354 e. The lowest BCUT2D eigenvalue weighted by atomic mass is 9.73. The summed E-state index contributed by atoms with van der Waals surface area (Å²) in [5.74, 6) is 0.209. The van der Waals surface area contributed by atoms with E-state index >= 15 is 0 Å². The number of nitrogens with zero attached hydrogens (tertiary/aromatic N) is 3. The zero-order valence-electron chi connectivity index (χ0n) is 20.4. The highest BCUT2D eigenvalue weighted by Crippen LogP contribution is 2.35. The van der Waals surface area contributed by atoms with Crippen LogP contribution < -0.4 is 5.32 Å². The molecule has 182 valence electrons. The van der Waals surface area contributed by atoms with Crippen LogP contribution in [0.25, 0.3) is 0 Å². The minimum atomic E-state index is 0.0809. The SMILES string of the molecule is CC(=O)N1CCN(CC(=O)NCC2(Cc3ccccc3)CCN(Cc3ccccc3)CC2)CC1. The predicted octanol–water partition coefficient (Wildman–Crippen LogP) is 2.79. The van der Waals surface area contributed by atoms with Crippen molar-refractivity contribution in [2.75, 3.05) is 52.4 Å². The molecule has 0 spiro atoms. The van der Waals surface area contributed by atoms with Gasteiger partial charge in [-0.1, -0.05) is 60.7 Å². The Labute approximate surface area is 203 Å². The number of likely N-dealkylation sites (tertiary alicyclic amines) is 1. The van der Waals surface area contributed by atoms with E-state index in [1.165, 1.54) is 11.1 Å². The van der Waals surface area contributed by atoms with Crippen LogP contribution in [0.2, 0.25) is 0 Å². The highest BCUT2D eigenvalue weighted by Gasteiger charge is 2.35. The molecule has 2 fully saturated rings. The first kappa shape index (κ1) is 24.4. The van der Waals surface area contributed by atoms with Crippen molar-refractivity contribution >= 4 is 11.8 Å². The average Bonchev–Trinajstić information content (AvgIpc) is 2.86. The summed E-state index contributed by atoms with van der Waals surface area (Å²) in [5.41, 5.74) is 2.78. The fourth-order valence-electron chi connectivity index (χ4n) is 5.24. The number of hydrogen-bond donors (Lipinski definition) is 1. The van der Waals surface area contributed by atoms with E-state index in [2.05, 4.69) is 75.8 Å². The van der Waals surface area contributed by atoms with Gasteiger partial charge >= 0.3 is 0 Å². The lowest BCUT2D eigenvalue weighted by Crippen LogP contribution is -2.52. The molecule has 0 saturated carbocycles. The third kappa shape index (κ3) is 6.90. The molecular weight excluding hydrogens is 424 g/mol. The van der Waals surface area contributed by atoms with Gasteiger partial charge in [0.25, 0.3) is 0 Å². The van der Waals surface area contributed by atoms with Crippen molar-refractivity contribution in [3.8, 4) is 0 Å². The first-order chi connectivity index (χ1) is 16.5. The molecule has 0 radical (unpaired) electrons. The van der Waals surface area contributed by atoms with Gasteiger partial charge in [0, 0.05) is 46.2 Å². The number of carbonyl (C=O) groups is 2. The summed E-state index contributed by atoms with van der Waals surface area (Å²) in [5, 5.41) is 3.28. The Balaban J connectivity index is 1.32. The summed E-state index contributed by atoms with van der Waals surface area (Å²) < 4.78 is 0. The quantitative estimate of drug-likeness (QED) is 0.656. The van der Waals surface area contributed by atoms with Crippen LogP contribution >= 0.6 is 0 Å². The van der Waals surface area contributed by atoms with E-state index in [-0.39, 0.29) is 17.2 Å². The number of rotatable bonds is 8. The molecular formula is C28H38N4O2. The molecule has 4 rings (SSSR count). The third-order valence-corrected chi connectivity index (χ3v) is 7.43. The van der Waals surface area contributed by atoms with Crippen molar-refractivity contribution in [3.63, 3.8) is 0 Å². The van der Waals surface area contributed by atoms with Gasteiger partial charge in [-0.3, -0.25) is 19.4 Å². The second-order valence-corrected chi connectivity index (χ2v) is 9.98. The lowest BCUT2D eigenvalue weighted by Gasteiger charge is -2.42. The van der Waals surface area contributed by atoms with Crippen molar-refractivity contribution in [1.29, 1.82) is 0 Å². The smallest absolute Gasteiger partial charge is 0.234 e. The van der Waals surface area contributed by atoms with Crippen LogP contribution in [0.1, 0.15) is 30.9 Å². The van der Waals surface area contributed by atoms with Gasteiger partial charge in [0.1, 0.15) is 0 Å². The van der Waals surface area contributed by atoms with Gasteiger partial charge in [-0.15, -0.1) is 0 Å². The van der Waals surface area contributed by atoms with Crippen LogP contribution in [0.5, 0.6) is 0 Å². The molecule has 0 aromatic heterocycles. The van der Waals surface area contributed by atoms with Crippen molar-refractivity contribution in [3.05, 3.63) is 71.8 Å². The maximum absolute atomic E-state index is 12.8. The molecule has 0 aliphatic carbocycles. The van der Waals surface area contributed by atoms with E-state index < -0.39 is 0 Å². The molecule has 2 heterocycles. The highest BCUT2D eigenvalue weighted by atomic mass is 16.2. The summed E-state index contributed by atoms with van der Waals surface area (Å²) >= 11 is 0. The second-order valence-electron chi connectivity index (χ2n) is 9.98. The molecule has 0 unspecified atom stereocenters. The summed E-state index contributed by atoms with van der Waals surface area (Å²) in [7, 11) is 0. The summed E-state index contributed by atoms with van der Waals surface area (Å²) in [4.78, 5) is 30.9. The second kappa shape index (κ2) is 11.6. The summed E-state index contributed by atoms with van der Waals surface area (Å²) in [6, 6.07) is 21.3. The summed E-state index contributed by atoms with van der Waals surface area (Å²) in [6.07, 6.45) is 3.14. The number of amides is 2. The molecule has 0 bridgehead atoms. The zero-order valence-corrected chi connectivity index (χ0v) is 20.4. The molecule has 2 aliphatic heterocycles. The molecule has 6 heteroatoms. The standard InChI is InChI=1S/C28H38N4O2/c1-24(33)32-18-16-31(17-19-32)22-27(34)29-23-28(20-25-8-4-2-5-9-25)12-14-30(15-13-28)21-26-10-6-3-7-11-26/h2-11H,12-23H2,1H3,(H,29,34). The third-order valence-electron chi connectivity index (χ3n) is 7.43. The Morgan fingerprint density at radius 3 is 1.97 bits per heavy atom. The maximum Gasteiger partial charge on any atom is 0.234 e. The van der Waals surface area contributed by atoms with Crippen molar-refractivity contribution in [2.45, 2.75) is 32.7 Å². The van der Waals surface area contributed by atoms with E-state index in [0.717, 1.165) is 52.0 Å². The van der Waals surface area contributed by atoms with Crippen molar-refractivity contribution < 1.29 is 9.59 Å². The number of nitrogens with one attached hydrogen (secondary N) is 1. The van der Waals surface area contributed by atoms with Crippen LogP contribution in [0.4, 0.5) is 0 Å². The first-order valence-corrected chi connectivity index (χ1v) is 12.6. The molecule has 2 aromatic rings. The minimum absolute atomic E-state index is 0.0809. The predicted molar refractivity (Wildman–Crippen MR) is 135 cm³/mol. The zero-order chi connectivity index (χ0) is 23.8. The van der Waals surface area contributed by atoms with Gasteiger partial charge in [-0.2, -0.15) is 0 Å². The van der Waals surface area contributed by atoms with E-state index in [4.69, 9.17) is 0 Å².